The number of carbonyl (C=O) groups excluding carboxylic acids is 2. The Kier molecular flexibility index (Phi) is 6.69. The molecule has 1 atom stereocenters. The summed E-state index contributed by atoms with van der Waals surface area (Å²) in [6.45, 7) is 4.69. The number of phenolic OH excluding ortho intramolecular Hbond substituents is 1. The second-order valence-electron chi connectivity index (χ2n) is 6.27. The van der Waals surface area contributed by atoms with Crippen molar-refractivity contribution in [2.75, 3.05) is 10.6 Å². The minimum absolute atomic E-state index is 0.0378. The van der Waals surface area contributed by atoms with Crippen LogP contribution >= 0.6 is 11.6 Å². The highest BCUT2D eigenvalue weighted by Gasteiger charge is 2.33. The molecular formula is C19H21ClN2O5S. The number of hydrogen-bond donors (Lipinski definition) is 3. The van der Waals surface area contributed by atoms with Gasteiger partial charge in [-0.25, -0.2) is 8.42 Å². The molecule has 2 aromatic rings. The number of aromatic hydroxyl groups is 1. The van der Waals surface area contributed by atoms with Crippen molar-refractivity contribution >= 4 is 44.6 Å². The van der Waals surface area contributed by atoms with Crippen LogP contribution in [-0.4, -0.2) is 30.6 Å². The minimum Gasteiger partial charge on any atom is -0.506 e. The van der Waals surface area contributed by atoms with Gasteiger partial charge in [-0.3, -0.25) is 9.59 Å². The summed E-state index contributed by atoms with van der Waals surface area (Å²) in [4.78, 5) is 23.8. The molecule has 0 aliphatic rings. The number of benzene rings is 2. The lowest BCUT2D eigenvalue weighted by molar-refractivity contribution is -0.116. The molecule has 0 spiro atoms. The van der Waals surface area contributed by atoms with E-state index in [1.165, 1.54) is 25.1 Å². The highest BCUT2D eigenvalue weighted by atomic mass is 35.5. The fraction of sp³-hybridized carbons (Fsp3) is 0.263. The van der Waals surface area contributed by atoms with Gasteiger partial charge in [0.1, 0.15) is 11.0 Å². The van der Waals surface area contributed by atoms with Crippen LogP contribution in [-0.2, 0) is 19.4 Å². The SMILES string of the molecule is CCC(C(=O)Nc1cc(O)c(NC(C)=O)cc1Cl)S(=O)(=O)c1ccc(C)cc1. The highest BCUT2D eigenvalue weighted by molar-refractivity contribution is 7.92. The van der Waals surface area contributed by atoms with Crippen LogP contribution in [0.1, 0.15) is 25.8 Å². The lowest BCUT2D eigenvalue weighted by atomic mass is 10.2. The lowest BCUT2D eigenvalue weighted by Crippen LogP contribution is -2.34. The Morgan fingerprint density at radius 3 is 2.25 bits per heavy atom. The van der Waals surface area contributed by atoms with Crippen LogP contribution in [0.5, 0.6) is 5.75 Å². The van der Waals surface area contributed by atoms with E-state index in [0.717, 1.165) is 11.6 Å². The maximum absolute atomic E-state index is 12.8. The van der Waals surface area contributed by atoms with E-state index >= 15 is 0 Å². The van der Waals surface area contributed by atoms with Crippen molar-refractivity contribution in [2.24, 2.45) is 0 Å². The molecule has 2 aromatic carbocycles. The van der Waals surface area contributed by atoms with Gasteiger partial charge in [0.05, 0.1) is 21.3 Å². The first-order valence-corrected chi connectivity index (χ1v) is 10.4. The molecule has 0 aliphatic heterocycles. The summed E-state index contributed by atoms with van der Waals surface area (Å²) in [7, 11) is -3.91. The molecule has 0 saturated heterocycles. The summed E-state index contributed by atoms with van der Waals surface area (Å²) >= 11 is 6.10. The van der Waals surface area contributed by atoms with E-state index in [2.05, 4.69) is 10.6 Å². The third kappa shape index (κ3) is 4.82. The third-order valence-electron chi connectivity index (χ3n) is 4.04. The summed E-state index contributed by atoms with van der Waals surface area (Å²) < 4.78 is 25.7. The topological polar surface area (TPSA) is 113 Å². The van der Waals surface area contributed by atoms with E-state index in [1.54, 1.807) is 19.1 Å². The molecule has 0 aromatic heterocycles. The van der Waals surface area contributed by atoms with E-state index in [-0.39, 0.29) is 33.5 Å². The summed E-state index contributed by atoms with van der Waals surface area (Å²) in [5.41, 5.74) is 1.02. The molecule has 3 N–H and O–H groups in total. The zero-order valence-electron chi connectivity index (χ0n) is 15.6. The molecular weight excluding hydrogens is 404 g/mol. The van der Waals surface area contributed by atoms with E-state index in [9.17, 15) is 23.1 Å². The van der Waals surface area contributed by atoms with Gasteiger partial charge in [-0.1, -0.05) is 36.2 Å². The predicted molar refractivity (Wildman–Crippen MR) is 108 cm³/mol. The summed E-state index contributed by atoms with van der Waals surface area (Å²) in [6, 6.07) is 8.66. The van der Waals surface area contributed by atoms with Gasteiger partial charge in [0, 0.05) is 13.0 Å². The zero-order valence-corrected chi connectivity index (χ0v) is 17.2. The quantitative estimate of drug-likeness (QED) is 0.614. The fourth-order valence-corrected chi connectivity index (χ4v) is 4.43. The number of carbonyl (C=O) groups is 2. The fourth-order valence-electron chi connectivity index (χ4n) is 2.60. The maximum Gasteiger partial charge on any atom is 0.243 e. The van der Waals surface area contributed by atoms with Crippen LogP contribution in [0.2, 0.25) is 5.02 Å². The first-order chi connectivity index (χ1) is 13.1. The average molecular weight is 425 g/mol. The van der Waals surface area contributed by atoms with E-state index in [0.29, 0.717) is 0 Å². The Hall–Kier alpha value is -2.58. The molecule has 2 amide bonds. The predicted octanol–water partition coefficient (Wildman–Crippen LogP) is 3.50. The maximum atomic E-state index is 12.8. The number of rotatable bonds is 6. The molecule has 7 nitrogen and oxygen atoms in total. The molecule has 0 aliphatic carbocycles. The average Bonchev–Trinajstić information content (AvgIpc) is 2.59. The van der Waals surface area contributed by atoms with Gasteiger partial charge in [-0.2, -0.15) is 0 Å². The molecule has 1 unspecified atom stereocenters. The molecule has 0 radical (unpaired) electrons. The van der Waals surface area contributed by atoms with Crippen LogP contribution in [0.4, 0.5) is 11.4 Å². The number of nitrogens with one attached hydrogen (secondary N) is 2. The molecule has 2 rings (SSSR count). The number of anilines is 2. The zero-order chi connectivity index (χ0) is 21.1. The largest absolute Gasteiger partial charge is 0.506 e. The smallest absolute Gasteiger partial charge is 0.243 e. The number of amides is 2. The van der Waals surface area contributed by atoms with Crippen LogP contribution in [0.25, 0.3) is 0 Å². The van der Waals surface area contributed by atoms with E-state index in [4.69, 9.17) is 11.6 Å². The van der Waals surface area contributed by atoms with Gasteiger partial charge >= 0.3 is 0 Å². The standard InChI is InChI=1S/C19H21ClN2O5S/c1-4-18(28(26,27)13-7-5-11(2)6-8-13)19(25)22-15-10-17(24)16(9-14(15)20)21-12(3)23/h5-10,18,24H,4H2,1-3H3,(H,21,23)(H,22,25). The van der Waals surface area contributed by atoms with Crippen molar-refractivity contribution < 1.29 is 23.1 Å². The number of phenols is 1. The number of aryl methyl sites for hydroxylation is 1. The summed E-state index contributed by atoms with van der Waals surface area (Å²) in [5, 5.41) is 13.5. The van der Waals surface area contributed by atoms with Gasteiger partial charge in [-0.05, 0) is 31.5 Å². The Morgan fingerprint density at radius 2 is 1.71 bits per heavy atom. The van der Waals surface area contributed by atoms with Gasteiger partial charge in [-0.15, -0.1) is 0 Å². The van der Waals surface area contributed by atoms with Crippen LogP contribution in [0.3, 0.4) is 0 Å². The Labute approximate surface area is 168 Å². The number of sulfone groups is 1. The monoisotopic (exact) mass is 424 g/mol. The van der Waals surface area contributed by atoms with Crippen molar-refractivity contribution in [2.45, 2.75) is 37.3 Å². The number of halogens is 1. The molecule has 0 fully saturated rings. The van der Waals surface area contributed by atoms with Crippen LogP contribution < -0.4 is 10.6 Å². The first kappa shape index (κ1) is 21.7. The van der Waals surface area contributed by atoms with Crippen LogP contribution in [0, 0.1) is 6.92 Å². The molecule has 0 saturated carbocycles. The van der Waals surface area contributed by atoms with Crippen molar-refractivity contribution in [1.29, 1.82) is 0 Å². The van der Waals surface area contributed by atoms with Crippen molar-refractivity contribution in [3.8, 4) is 5.75 Å². The second-order valence-corrected chi connectivity index (χ2v) is 8.81. The Morgan fingerprint density at radius 1 is 1.11 bits per heavy atom. The summed E-state index contributed by atoms with van der Waals surface area (Å²) in [6.07, 6.45) is 0.0512. The van der Waals surface area contributed by atoms with E-state index in [1.807, 2.05) is 6.92 Å². The Balaban J connectivity index is 2.30. The van der Waals surface area contributed by atoms with Gasteiger partial charge in [0.25, 0.3) is 0 Å². The highest BCUT2D eigenvalue weighted by Crippen LogP contribution is 2.34. The molecule has 0 bridgehead atoms. The molecule has 150 valence electrons. The summed E-state index contributed by atoms with van der Waals surface area (Å²) in [5.74, 6) is -1.49. The van der Waals surface area contributed by atoms with Crippen molar-refractivity contribution in [3.63, 3.8) is 0 Å². The normalized spacial score (nSPS) is 12.3. The molecule has 28 heavy (non-hydrogen) atoms. The van der Waals surface area contributed by atoms with Crippen LogP contribution in [0.15, 0.2) is 41.3 Å². The van der Waals surface area contributed by atoms with Gasteiger partial charge in [0.15, 0.2) is 9.84 Å². The lowest BCUT2D eigenvalue weighted by Gasteiger charge is -2.17. The molecule has 0 heterocycles. The van der Waals surface area contributed by atoms with Gasteiger partial charge < -0.3 is 15.7 Å². The number of hydrogen-bond acceptors (Lipinski definition) is 5. The van der Waals surface area contributed by atoms with Gasteiger partial charge in [0.2, 0.25) is 11.8 Å². The van der Waals surface area contributed by atoms with E-state index < -0.39 is 26.9 Å². The Bertz CT molecular complexity index is 1000. The second kappa shape index (κ2) is 8.62. The minimum atomic E-state index is -3.91. The molecule has 9 heteroatoms. The van der Waals surface area contributed by atoms with Crippen molar-refractivity contribution in [3.05, 3.63) is 47.0 Å². The first-order valence-electron chi connectivity index (χ1n) is 8.47. The van der Waals surface area contributed by atoms with Crippen molar-refractivity contribution in [1.82, 2.24) is 0 Å². The third-order valence-corrected chi connectivity index (χ3v) is 6.58.